The molecule has 1 atom stereocenters. The highest BCUT2D eigenvalue weighted by Gasteiger charge is 2.20. The van der Waals surface area contributed by atoms with Gasteiger partial charge in [0.25, 0.3) is 0 Å². The molecular formula is C22H24N2O4. The molecule has 1 amide bonds. The summed E-state index contributed by atoms with van der Waals surface area (Å²) in [6, 6.07) is 16.0. The zero-order chi connectivity index (χ0) is 19.2. The summed E-state index contributed by atoms with van der Waals surface area (Å²) in [6.45, 7) is 4.03. The van der Waals surface area contributed by atoms with Crippen molar-refractivity contribution in [3.05, 3.63) is 65.7 Å². The van der Waals surface area contributed by atoms with Gasteiger partial charge in [0.15, 0.2) is 11.5 Å². The van der Waals surface area contributed by atoms with Crippen LogP contribution in [0.5, 0.6) is 11.5 Å². The zero-order valence-electron chi connectivity index (χ0n) is 15.7. The minimum absolute atomic E-state index is 0.000329. The molecular weight excluding hydrogens is 356 g/mol. The van der Waals surface area contributed by atoms with Gasteiger partial charge >= 0.3 is 0 Å². The lowest BCUT2D eigenvalue weighted by atomic mass is 10.2. The number of morpholine rings is 1. The summed E-state index contributed by atoms with van der Waals surface area (Å²) in [4.78, 5) is 14.5. The van der Waals surface area contributed by atoms with Crippen LogP contribution in [-0.2, 0) is 16.1 Å². The van der Waals surface area contributed by atoms with E-state index in [1.165, 1.54) is 11.6 Å². The molecule has 0 aliphatic carbocycles. The van der Waals surface area contributed by atoms with Crippen LogP contribution in [0.3, 0.4) is 0 Å². The summed E-state index contributed by atoms with van der Waals surface area (Å²) in [5.41, 5.74) is 2.18. The second kappa shape index (κ2) is 8.91. The molecule has 1 unspecified atom stereocenters. The third-order valence-corrected chi connectivity index (χ3v) is 4.80. The number of hydrogen-bond acceptors (Lipinski definition) is 5. The van der Waals surface area contributed by atoms with E-state index >= 15 is 0 Å². The molecule has 0 aromatic heterocycles. The predicted molar refractivity (Wildman–Crippen MR) is 106 cm³/mol. The number of carbonyl (C=O) groups excluding carboxylic acids is 1. The van der Waals surface area contributed by atoms with Gasteiger partial charge in [-0.2, -0.15) is 0 Å². The van der Waals surface area contributed by atoms with Crippen molar-refractivity contribution in [3.8, 4) is 11.5 Å². The maximum absolute atomic E-state index is 12.1. The van der Waals surface area contributed by atoms with E-state index in [2.05, 4.69) is 34.5 Å². The maximum Gasteiger partial charge on any atom is 0.244 e. The predicted octanol–water partition coefficient (Wildman–Crippen LogP) is 2.45. The van der Waals surface area contributed by atoms with E-state index in [1.54, 1.807) is 6.08 Å². The normalized spacial score (nSPS) is 19.1. The first-order valence-electron chi connectivity index (χ1n) is 9.50. The number of carbonyl (C=O) groups is 1. The van der Waals surface area contributed by atoms with Crippen LogP contribution < -0.4 is 14.8 Å². The molecule has 6 heteroatoms. The van der Waals surface area contributed by atoms with Gasteiger partial charge in [0, 0.05) is 32.3 Å². The van der Waals surface area contributed by atoms with E-state index < -0.39 is 0 Å². The number of fused-ring (bicyclic) bond motifs is 1. The highest BCUT2D eigenvalue weighted by atomic mass is 16.7. The van der Waals surface area contributed by atoms with Crippen molar-refractivity contribution in [3.63, 3.8) is 0 Å². The average molecular weight is 380 g/mol. The van der Waals surface area contributed by atoms with Gasteiger partial charge in [0.2, 0.25) is 12.7 Å². The molecule has 1 saturated heterocycles. The Bertz CT molecular complexity index is 838. The molecule has 0 bridgehead atoms. The van der Waals surface area contributed by atoms with Gasteiger partial charge in [-0.1, -0.05) is 36.4 Å². The minimum atomic E-state index is -0.138. The fourth-order valence-electron chi connectivity index (χ4n) is 3.35. The molecule has 2 aliphatic rings. The Labute approximate surface area is 164 Å². The van der Waals surface area contributed by atoms with Crippen molar-refractivity contribution in [2.24, 2.45) is 0 Å². The largest absolute Gasteiger partial charge is 0.454 e. The van der Waals surface area contributed by atoms with Crippen LogP contribution in [0.2, 0.25) is 0 Å². The summed E-state index contributed by atoms with van der Waals surface area (Å²) in [6.07, 6.45) is 3.29. The number of nitrogens with zero attached hydrogens (tertiary/aromatic N) is 1. The smallest absolute Gasteiger partial charge is 0.244 e. The van der Waals surface area contributed by atoms with Gasteiger partial charge < -0.3 is 19.5 Å². The van der Waals surface area contributed by atoms with Gasteiger partial charge in [-0.15, -0.1) is 0 Å². The molecule has 2 aromatic carbocycles. The molecule has 6 nitrogen and oxygen atoms in total. The van der Waals surface area contributed by atoms with E-state index in [1.807, 2.05) is 24.3 Å². The Balaban J connectivity index is 1.24. The van der Waals surface area contributed by atoms with Gasteiger partial charge in [-0.05, 0) is 29.3 Å². The standard InChI is InChI=1S/C22H24N2O4/c25-22(9-7-17-6-8-20-21(12-17)28-16-27-20)23-13-19-15-24(10-11-26-19)14-18-4-2-1-3-5-18/h1-9,12,19H,10-11,13-16H2,(H,23,25)/b9-7+. The minimum Gasteiger partial charge on any atom is -0.454 e. The van der Waals surface area contributed by atoms with Crippen molar-refractivity contribution in [1.29, 1.82) is 0 Å². The zero-order valence-corrected chi connectivity index (χ0v) is 15.7. The van der Waals surface area contributed by atoms with Crippen molar-refractivity contribution in [2.75, 3.05) is 33.0 Å². The lowest BCUT2D eigenvalue weighted by Gasteiger charge is -2.33. The van der Waals surface area contributed by atoms with Crippen molar-refractivity contribution in [1.82, 2.24) is 10.2 Å². The van der Waals surface area contributed by atoms with Gasteiger partial charge in [0.1, 0.15) is 0 Å². The Morgan fingerprint density at radius 1 is 1.14 bits per heavy atom. The number of hydrogen-bond donors (Lipinski definition) is 1. The highest BCUT2D eigenvalue weighted by molar-refractivity contribution is 5.91. The van der Waals surface area contributed by atoms with Crippen LogP contribution in [0, 0.1) is 0 Å². The Morgan fingerprint density at radius 3 is 2.89 bits per heavy atom. The molecule has 0 radical (unpaired) electrons. The lowest BCUT2D eigenvalue weighted by Crippen LogP contribution is -2.46. The van der Waals surface area contributed by atoms with Crippen LogP contribution in [0.4, 0.5) is 0 Å². The molecule has 4 rings (SSSR count). The molecule has 28 heavy (non-hydrogen) atoms. The first-order chi connectivity index (χ1) is 13.8. The fraction of sp³-hybridized carbons (Fsp3) is 0.318. The van der Waals surface area contributed by atoms with E-state index in [0.29, 0.717) is 18.9 Å². The van der Waals surface area contributed by atoms with Crippen molar-refractivity contribution < 1.29 is 19.0 Å². The number of ether oxygens (including phenoxy) is 3. The SMILES string of the molecule is O=C(/C=C/c1ccc2c(c1)OCO2)NCC1CN(Cc2ccccc2)CCO1. The molecule has 1 fully saturated rings. The Morgan fingerprint density at radius 2 is 2.00 bits per heavy atom. The van der Waals surface area contributed by atoms with E-state index in [9.17, 15) is 4.79 Å². The van der Waals surface area contributed by atoms with Gasteiger partial charge in [0.05, 0.1) is 12.7 Å². The quantitative estimate of drug-likeness (QED) is 0.780. The monoisotopic (exact) mass is 380 g/mol. The van der Waals surface area contributed by atoms with E-state index in [-0.39, 0.29) is 18.8 Å². The first-order valence-corrected chi connectivity index (χ1v) is 9.50. The van der Waals surface area contributed by atoms with Crippen LogP contribution >= 0.6 is 0 Å². The van der Waals surface area contributed by atoms with Crippen LogP contribution in [0.25, 0.3) is 6.08 Å². The summed E-state index contributed by atoms with van der Waals surface area (Å²) in [7, 11) is 0. The second-order valence-corrected chi connectivity index (χ2v) is 6.90. The molecule has 2 heterocycles. The van der Waals surface area contributed by atoms with Crippen molar-refractivity contribution >= 4 is 12.0 Å². The average Bonchev–Trinajstić information content (AvgIpc) is 3.20. The fourth-order valence-corrected chi connectivity index (χ4v) is 3.35. The van der Waals surface area contributed by atoms with Crippen LogP contribution in [0.1, 0.15) is 11.1 Å². The molecule has 146 valence electrons. The summed E-state index contributed by atoms with van der Waals surface area (Å²) < 4.78 is 16.4. The molecule has 2 aromatic rings. The Kier molecular flexibility index (Phi) is 5.89. The van der Waals surface area contributed by atoms with Crippen molar-refractivity contribution in [2.45, 2.75) is 12.6 Å². The maximum atomic E-state index is 12.1. The highest BCUT2D eigenvalue weighted by Crippen LogP contribution is 2.32. The first kappa shape index (κ1) is 18.5. The second-order valence-electron chi connectivity index (χ2n) is 6.90. The third-order valence-electron chi connectivity index (χ3n) is 4.80. The van der Waals surface area contributed by atoms with Crippen LogP contribution in [0.15, 0.2) is 54.6 Å². The van der Waals surface area contributed by atoms with E-state index in [0.717, 1.165) is 30.9 Å². The van der Waals surface area contributed by atoms with E-state index in [4.69, 9.17) is 14.2 Å². The molecule has 0 spiro atoms. The van der Waals surface area contributed by atoms with Gasteiger partial charge in [-0.25, -0.2) is 0 Å². The topological polar surface area (TPSA) is 60.0 Å². The molecule has 1 N–H and O–H groups in total. The summed E-state index contributed by atoms with van der Waals surface area (Å²) >= 11 is 0. The molecule has 2 aliphatic heterocycles. The lowest BCUT2D eigenvalue weighted by molar-refractivity contribution is -0.117. The van der Waals surface area contributed by atoms with Gasteiger partial charge in [-0.3, -0.25) is 9.69 Å². The number of nitrogens with one attached hydrogen (secondary N) is 1. The van der Waals surface area contributed by atoms with Crippen LogP contribution in [-0.4, -0.2) is 49.9 Å². The number of rotatable bonds is 6. The number of amides is 1. The summed E-state index contributed by atoms with van der Waals surface area (Å²) in [5.74, 6) is 1.30. The number of benzene rings is 2. The Hall–Kier alpha value is -2.83. The third kappa shape index (κ3) is 4.91. The summed E-state index contributed by atoms with van der Waals surface area (Å²) in [5, 5.41) is 2.93. The molecule has 0 saturated carbocycles.